The monoisotopic (exact) mass is 296 g/mol. The Morgan fingerprint density at radius 1 is 1.60 bits per heavy atom. The van der Waals surface area contributed by atoms with E-state index < -0.39 is 5.60 Å². The van der Waals surface area contributed by atoms with Crippen molar-refractivity contribution in [2.45, 2.75) is 46.1 Å². The van der Waals surface area contributed by atoms with Gasteiger partial charge in [-0.3, -0.25) is 4.79 Å². The number of aryl methyl sites for hydroxylation is 1. The fraction of sp³-hybridized carbons (Fsp3) is 0.600. The summed E-state index contributed by atoms with van der Waals surface area (Å²) in [4.78, 5) is 16.7. The lowest BCUT2D eigenvalue weighted by Crippen LogP contribution is -2.40. The van der Waals surface area contributed by atoms with Gasteiger partial charge in [-0.1, -0.05) is 13.8 Å². The van der Waals surface area contributed by atoms with E-state index in [1.807, 2.05) is 6.92 Å². The number of aliphatic hydroxyl groups is 1. The highest BCUT2D eigenvalue weighted by atomic mass is 32.1. The van der Waals surface area contributed by atoms with Gasteiger partial charge in [0.05, 0.1) is 10.6 Å². The molecule has 0 radical (unpaired) electrons. The largest absolute Gasteiger partial charge is 0.388 e. The van der Waals surface area contributed by atoms with Gasteiger partial charge in [-0.2, -0.15) is 0 Å². The van der Waals surface area contributed by atoms with E-state index in [9.17, 15) is 9.90 Å². The van der Waals surface area contributed by atoms with Crippen molar-refractivity contribution in [2.75, 3.05) is 6.54 Å². The van der Waals surface area contributed by atoms with Crippen LogP contribution in [0.25, 0.3) is 6.08 Å². The third kappa shape index (κ3) is 6.82. The zero-order valence-corrected chi connectivity index (χ0v) is 13.5. The third-order valence-corrected chi connectivity index (χ3v) is 3.82. The first-order valence-corrected chi connectivity index (χ1v) is 7.71. The van der Waals surface area contributed by atoms with Crippen LogP contribution in [0.4, 0.5) is 0 Å². The van der Waals surface area contributed by atoms with Crippen LogP contribution < -0.4 is 5.32 Å². The number of nitrogens with zero attached hydrogens (tertiary/aromatic N) is 1. The van der Waals surface area contributed by atoms with E-state index in [1.54, 1.807) is 19.2 Å². The van der Waals surface area contributed by atoms with Crippen molar-refractivity contribution in [1.82, 2.24) is 10.3 Å². The van der Waals surface area contributed by atoms with E-state index in [2.05, 4.69) is 24.1 Å². The highest BCUT2D eigenvalue weighted by Crippen LogP contribution is 2.15. The Labute approximate surface area is 124 Å². The smallest absolute Gasteiger partial charge is 0.244 e. The second-order valence-corrected chi connectivity index (χ2v) is 7.03. The van der Waals surface area contributed by atoms with Crippen LogP contribution >= 0.6 is 11.3 Å². The molecule has 0 bridgehead atoms. The predicted octanol–water partition coefficient (Wildman–Crippen LogP) is 2.77. The Bertz CT molecular complexity index is 464. The molecule has 0 saturated carbocycles. The summed E-state index contributed by atoms with van der Waals surface area (Å²) < 4.78 is 0. The van der Waals surface area contributed by atoms with E-state index in [0.717, 1.165) is 16.3 Å². The van der Waals surface area contributed by atoms with Gasteiger partial charge >= 0.3 is 0 Å². The van der Waals surface area contributed by atoms with Crippen molar-refractivity contribution in [3.63, 3.8) is 0 Å². The number of aromatic nitrogens is 1. The van der Waals surface area contributed by atoms with Gasteiger partial charge in [0, 0.05) is 23.7 Å². The summed E-state index contributed by atoms with van der Waals surface area (Å²) in [5, 5.41) is 13.9. The molecule has 0 saturated heterocycles. The van der Waals surface area contributed by atoms with Crippen molar-refractivity contribution in [3.8, 4) is 0 Å². The lowest BCUT2D eigenvalue weighted by atomic mass is 9.95. The van der Waals surface area contributed by atoms with E-state index in [4.69, 9.17) is 0 Å². The van der Waals surface area contributed by atoms with Gasteiger partial charge in [-0.05, 0) is 38.7 Å². The normalized spacial score (nSPS) is 14.7. The summed E-state index contributed by atoms with van der Waals surface area (Å²) in [5.41, 5.74) is -0.852. The second-order valence-electron chi connectivity index (χ2n) is 5.76. The molecule has 4 nitrogen and oxygen atoms in total. The SMILES string of the molecule is Cc1ncc(C=CC(=O)NCC(C)(O)CCC(C)C)s1. The highest BCUT2D eigenvalue weighted by molar-refractivity contribution is 7.12. The lowest BCUT2D eigenvalue weighted by molar-refractivity contribution is -0.117. The van der Waals surface area contributed by atoms with Crippen LogP contribution in [0.15, 0.2) is 12.3 Å². The zero-order valence-electron chi connectivity index (χ0n) is 12.6. The van der Waals surface area contributed by atoms with Crippen molar-refractivity contribution in [3.05, 3.63) is 22.2 Å². The number of nitrogens with one attached hydrogen (secondary N) is 1. The highest BCUT2D eigenvalue weighted by Gasteiger charge is 2.20. The van der Waals surface area contributed by atoms with Crippen LogP contribution in [0.1, 0.15) is 43.5 Å². The molecule has 1 aromatic heterocycles. The Kier molecular flexibility index (Phi) is 6.36. The molecule has 0 aromatic carbocycles. The third-order valence-electron chi connectivity index (χ3n) is 2.94. The van der Waals surface area contributed by atoms with E-state index in [0.29, 0.717) is 12.3 Å². The van der Waals surface area contributed by atoms with Crippen LogP contribution in [0.5, 0.6) is 0 Å². The summed E-state index contributed by atoms with van der Waals surface area (Å²) >= 11 is 1.54. The predicted molar refractivity (Wildman–Crippen MR) is 83.6 cm³/mol. The number of hydrogen-bond acceptors (Lipinski definition) is 4. The molecule has 1 amide bonds. The Morgan fingerprint density at radius 2 is 2.30 bits per heavy atom. The molecular weight excluding hydrogens is 272 g/mol. The molecule has 0 aliphatic carbocycles. The molecule has 0 spiro atoms. The molecule has 5 heteroatoms. The number of amides is 1. The zero-order chi connectivity index (χ0) is 15.2. The molecule has 1 aromatic rings. The molecule has 0 aliphatic rings. The Morgan fingerprint density at radius 3 is 2.85 bits per heavy atom. The minimum Gasteiger partial charge on any atom is -0.388 e. The minimum absolute atomic E-state index is 0.194. The van der Waals surface area contributed by atoms with Crippen molar-refractivity contribution in [2.24, 2.45) is 5.92 Å². The average Bonchev–Trinajstić information content (AvgIpc) is 2.78. The van der Waals surface area contributed by atoms with Gasteiger partial charge < -0.3 is 10.4 Å². The van der Waals surface area contributed by atoms with Gasteiger partial charge in [0.25, 0.3) is 0 Å². The molecule has 2 N–H and O–H groups in total. The molecule has 1 atom stereocenters. The van der Waals surface area contributed by atoms with Crippen LogP contribution in [0.3, 0.4) is 0 Å². The standard InChI is InChI=1S/C15H24N2O2S/c1-11(2)7-8-15(4,19)10-17-14(18)6-5-13-9-16-12(3)20-13/h5-6,9,11,19H,7-8,10H2,1-4H3,(H,17,18). The molecule has 0 aliphatic heterocycles. The molecule has 1 unspecified atom stereocenters. The fourth-order valence-electron chi connectivity index (χ4n) is 1.64. The molecule has 20 heavy (non-hydrogen) atoms. The van der Waals surface area contributed by atoms with Gasteiger partial charge in [0.15, 0.2) is 0 Å². The maximum absolute atomic E-state index is 11.7. The van der Waals surface area contributed by atoms with E-state index >= 15 is 0 Å². The average molecular weight is 296 g/mol. The van der Waals surface area contributed by atoms with Crippen molar-refractivity contribution < 1.29 is 9.90 Å². The lowest BCUT2D eigenvalue weighted by Gasteiger charge is -2.24. The molecular formula is C15H24N2O2S. The number of rotatable bonds is 7. The minimum atomic E-state index is -0.852. The summed E-state index contributed by atoms with van der Waals surface area (Å²) in [6, 6.07) is 0. The van der Waals surface area contributed by atoms with Crippen LogP contribution in [0, 0.1) is 12.8 Å². The van der Waals surface area contributed by atoms with Crippen molar-refractivity contribution in [1.29, 1.82) is 0 Å². The fourth-order valence-corrected chi connectivity index (χ4v) is 2.33. The summed E-state index contributed by atoms with van der Waals surface area (Å²) in [6.07, 6.45) is 6.58. The second kappa shape index (κ2) is 7.55. The quantitative estimate of drug-likeness (QED) is 0.761. The Hall–Kier alpha value is -1.20. The number of carbonyl (C=O) groups is 1. The van der Waals surface area contributed by atoms with Crippen molar-refractivity contribution >= 4 is 23.3 Å². The van der Waals surface area contributed by atoms with E-state index in [-0.39, 0.29) is 12.5 Å². The molecule has 1 heterocycles. The number of thiazole rings is 1. The first-order chi connectivity index (χ1) is 9.28. The maximum atomic E-state index is 11.7. The number of carbonyl (C=O) groups excluding carboxylic acids is 1. The van der Waals surface area contributed by atoms with Gasteiger partial charge in [0.2, 0.25) is 5.91 Å². The molecule has 112 valence electrons. The topological polar surface area (TPSA) is 62.2 Å². The summed E-state index contributed by atoms with van der Waals surface area (Å²) in [6.45, 7) is 8.19. The van der Waals surface area contributed by atoms with Crippen LogP contribution in [-0.2, 0) is 4.79 Å². The first kappa shape index (κ1) is 16.9. The van der Waals surface area contributed by atoms with Gasteiger partial charge in [-0.15, -0.1) is 11.3 Å². The first-order valence-electron chi connectivity index (χ1n) is 6.89. The summed E-state index contributed by atoms with van der Waals surface area (Å²) in [7, 11) is 0. The molecule has 1 rings (SSSR count). The van der Waals surface area contributed by atoms with E-state index in [1.165, 1.54) is 17.4 Å². The van der Waals surface area contributed by atoms with Gasteiger partial charge in [-0.25, -0.2) is 4.98 Å². The Balaban J connectivity index is 2.37. The van der Waals surface area contributed by atoms with Crippen LogP contribution in [0.2, 0.25) is 0 Å². The number of hydrogen-bond donors (Lipinski definition) is 2. The van der Waals surface area contributed by atoms with Crippen LogP contribution in [-0.4, -0.2) is 28.1 Å². The maximum Gasteiger partial charge on any atom is 0.244 e. The summed E-state index contributed by atoms with van der Waals surface area (Å²) in [5.74, 6) is 0.354. The molecule has 0 fully saturated rings. The van der Waals surface area contributed by atoms with Gasteiger partial charge in [0.1, 0.15) is 0 Å².